The maximum atomic E-state index is 2.63. The molecule has 0 aromatic carbocycles. The van der Waals surface area contributed by atoms with Crippen LogP contribution in [-0.4, -0.2) is 4.57 Å². The Kier molecular flexibility index (Phi) is 27.6. The lowest BCUT2D eigenvalue weighted by Gasteiger charge is -2.07. The van der Waals surface area contributed by atoms with Crippen molar-refractivity contribution in [3.63, 3.8) is 0 Å². The van der Waals surface area contributed by atoms with Crippen LogP contribution in [0.1, 0.15) is 213 Å². The summed E-state index contributed by atoms with van der Waals surface area (Å²) >= 11 is 0. The lowest BCUT2D eigenvalue weighted by atomic mass is 10.0. The topological polar surface area (TPSA) is 8.81 Å². The van der Waals surface area contributed by atoms with Crippen LogP contribution in [0.5, 0.6) is 0 Å². The molecule has 0 atom stereocenters. The molecule has 1 aromatic rings. The third-order valence-electron chi connectivity index (χ3n) is 9.10. The third-order valence-corrected chi connectivity index (χ3v) is 9.10. The van der Waals surface area contributed by atoms with Gasteiger partial charge in [-0.2, -0.15) is 0 Å². The van der Waals surface area contributed by atoms with Crippen LogP contribution in [0.4, 0.5) is 0 Å². The van der Waals surface area contributed by atoms with Crippen LogP contribution in [0.25, 0.3) is 0 Å². The number of nitrogens with zero attached hydrogens (tertiary/aromatic N) is 2. The largest absolute Gasteiger partial charge is 0.256 e. The molecule has 0 radical (unpaired) electrons. The van der Waals surface area contributed by atoms with Crippen LogP contribution in [-0.2, 0) is 19.5 Å². The molecular formula is C38H75N2+. The first-order valence-electron chi connectivity index (χ1n) is 18.9. The standard InChI is InChI=1S/C38H75N2/c1-4-7-10-13-15-17-19-21-23-25-27-30-33-38-39(34-31-28-12-9-6-3)36-37-40(38)35-32-29-26-24-22-20-18-16-14-11-8-5-2/h36-37H,4-35H2,1-3H3/q+1. The molecule has 0 aliphatic carbocycles. The molecular weight excluding hydrogens is 484 g/mol. The summed E-state index contributed by atoms with van der Waals surface area (Å²) in [6.45, 7) is 9.39. The zero-order valence-electron chi connectivity index (χ0n) is 28.2. The van der Waals surface area contributed by atoms with Crippen LogP contribution >= 0.6 is 0 Å². The van der Waals surface area contributed by atoms with Gasteiger partial charge in [0.2, 0.25) is 0 Å². The number of hydrogen-bond acceptors (Lipinski definition) is 0. The Bertz CT molecular complexity index is 619. The van der Waals surface area contributed by atoms with Gasteiger partial charge in [0.1, 0.15) is 12.4 Å². The monoisotopic (exact) mass is 560 g/mol. The first kappa shape index (κ1) is 37.2. The molecule has 0 bridgehead atoms. The number of hydrogen-bond donors (Lipinski definition) is 0. The molecule has 0 fully saturated rings. The minimum atomic E-state index is 1.22. The van der Waals surface area contributed by atoms with Gasteiger partial charge in [0.05, 0.1) is 13.1 Å². The van der Waals surface area contributed by atoms with E-state index in [-0.39, 0.29) is 0 Å². The molecule has 1 aromatic heterocycles. The maximum Gasteiger partial charge on any atom is 0.256 e. The average molecular weight is 560 g/mol. The molecule has 40 heavy (non-hydrogen) atoms. The number of aryl methyl sites for hydroxylation is 2. The summed E-state index contributed by atoms with van der Waals surface area (Å²) in [4.78, 5) is 0. The predicted molar refractivity (Wildman–Crippen MR) is 179 cm³/mol. The number of aromatic nitrogens is 2. The second-order valence-corrected chi connectivity index (χ2v) is 13.0. The first-order valence-corrected chi connectivity index (χ1v) is 18.9. The highest BCUT2D eigenvalue weighted by Crippen LogP contribution is 2.15. The summed E-state index contributed by atoms with van der Waals surface area (Å²) in [7, 11) is 0. The fourth-order valence-corrected chi connectivity index (χ4v) is 6.33. The maximum absolute atomic E-state index is 2.63. The van der Waals surface area contributed by atoms with Gasteiger partial charge < -0.3 is 0 Å². The van der Waals surface area contributed by atoms with E-state index in [1.165, 1.54) is 206 Å². The molecule has 1 heterocycles. The van der Waals surface area contributed by atoms with E-state index >= 15 is 0 Å². The van der Waals surface area contributed by atoms with Crippen molar-refractivity contribution < 1.29 is 4.57 Å². The second-order valence-electron chi connectivity index (χ2n) is 13.0. The summed E-state index contributed by atoms with van der Waals surface area (Å²) < 4.78 is 5.24. The highest BCUT2D eigenvalue weighted by Gasteiger charge is 2.16. The van der Waals surface area contributed by atoms with E-state index in [0.29, 0.717) is 0 Å². The van der Waals surface area contributed by atoms with Gasteiger partial charge in [-0.05, 0) is 32.1 Å². The quantitative estimate of drug-likeness (QED) is 0.0613. The summed E-state index contributed by atoms with van der Waals surface area (Å²) in [6.07, 6.45) is 47.4. The fourth-order valence-electron chi connectivity index (χ4n) is 6.33. The molecule has 1 rings (SSSR count). The summed E-state index contributed by atoms with van der Waals surface area (Å²) in [6, 6.07) is 0. The van der Waals surface area contributed by atoms with Crippen molar-refractivity contribution in [2.24, 2.45) is 0 Å². The zero-order chi connectivity index (χ0) is 28.8. The number of unbranched alkanes of at least 4 members (excludes halogenated alkanes) is 26. The van der Waals surface area contributed by atoms with Gasteiger partial charge in [-0.15, -0.1) is 0 Å². The normalized spacial score (nSPS) is 11.6. The number of imidazole rings is 1. The highest BCUT2D eigenvalue weighted by atomic mass is 15.1. The number of rotatable bonds is 32. The molecule has 0 amide bonds. The van der Waals surface area contributed by atoms with Gasteiger partial charge in [-0.3, -0.25) is 0 Å². The van der Waals surface area contributed by atoms with Crippen LogP contribution in [0, 0.1) is 0 Å². The Morgan fingerprint density at radius 2 is 0.775 bits per heavy atom. The van der Waals surface area contributed by atoms with Crippen molar-refractivity contribution in [1.29, 1.82) is 0 Å². The van der Waals surface area contributed by atoms with Gasteiger partial charge >= 0.3 is 0 Å². The van der Waals surface area contributed by atoms with Gasteiger partial charge in [0.15, 0.2) is 0 Å². The van der Waals surface area contributed by atoms with Gasteiger partial charge in [-0.25, -0.2) is 9.13 Å². The summed E-state index contributed by atoms with van der Waals surface area (Å²) in [5.74, 6) is 1.62. The smallest absolute Gasteiger partial charge is 0.234 e. The van der Waals surface area contributed by atoms with E-state index in [1.807, 2.05) is 0 Å². The average Bonchev–Trinajstić information content (AvgIpc) is 3.35. The lowest BCUT2D eigenvalue weighted by molar-refractivity contribution is -0.704. The van der Waals surface area contributed by atoms with Crippen LogP contribution in [0.15, 0.2) is 12.4 Å². The Balaban J connectivity index is 2.25. The van der Waals surface area contributed by atoms with Gasteiger partial charge in [-0.1, -0.05) is 175 Å². The Labute approximate surface area is 253 Å². The van der Waals surface area contributed by atoms with Crippen LogP contribution in [0.2, 0.25) is 0 Å². The fraction of sp³-hybridized carbons (Fsp3) is 0.921. The van der Waals surface area contributed by atoms with E-state index in [1.54, 1.807) is 5.82 Å². The summed E-state index contributed by atoms with van der Waals surface area (Å²) in [5.41, 5.74) is 0. The minimum absolute atomic E-state index is 1.22. The highest BCUT2D eigenvalue weighted by molar-refractivity contribution is 4.84. The molecule has 0 aliphatic heterocycles. The van der Waals surface area contributed by atoms with Crippen molar-refractivity contribution in [1.82, 2.24) is 4.57 Å². The van der Waals surface area contributed by atoms with E-state index in [4.69, 9.17) is 0 Å². The van der Waals surface area contributed by atoms with E-state index in [2.05, 4.69) is 42.3 Å². The Morgan fingerprint density at radius 1 is 0.425 bits per heavy atom. The Morgan fingerprint density at radius 3 is 1.20 bits per heavy atom. The van der Waals surface area contributed by atoms with Crippen molar-refractivity contribution in [2.45, 2.75) is 226 Å². The minimum Gasteiger partial charge on any atom is -0.234 e. The van der Waals surface area contributed by atoms with E-state index in [9.17, 15) is 0 Å². The van der Waals surface area contributed by atoms with Gasteiger partial charge in [0.25, 0.3) is 5.82 Å². The van der Waals surface area contributed by atoms with E-state index < -0.39 is 0 Å². The molecule has 0 spiro atoms. The molecule has 0 aliphatic rings. The van der Waals surface area contributed by atoms with Crippen LogP contribution < -0.4 is 4.57 Å². The van der Waals surface area contributed by atoms with Gasteiger partial charge in [0, 0.05) is 6.42 Å². The zero-order valence-corrected chi connectivity index (χ0v) is 28.2. The molecule has 0 saturated heterocycles. The summed E-state index contributed by atoms with van der Waals surface area (Å²) in [5, 5.41) is 0. The molecule has 2 nitrogen and oxygen atoms in total. The van der Waals surface area contributed by atoms with Crippen molar-refractivity contribution in [2.75, 3.05) is 0 Å². The Hall–Kier alpha value is -0.790. The molecule has 2 heteroatoms. The van der Waals surface area contributed by atoms with Crippen molar-refractivity contribution in [3.05, 3.63) is 18.2 Å². The van der Waals surface area contributed by atoms with E-state index in [0.717, 1.165) is 0 Å². The molecule has 0 N–H and O–H groups in total. The second kappa shape index (κ2) is 29.7. The SMILES string of the molecule is CCCCCCCCCCCCCCc1n(CCCCCCCCCCCCCC)cc[n+]1CCCCCCC. The third kappa shape index (κ3) is 21.9. The molecule has 0 saturated carbocycles. The molecule has 0 unspecified atom stereocenters. The van der Waals surface area contributed by atoms with Crippen LogP contribution in [0.3, 0.4) is 0 Å². The first-order chi connectivity index (χ1) is 19.8. The lowest BCUT2D eigenvalue weighted by Crippen LogP contribution is -2.37. The van der Waals surface area contributed by atoms with Crippen molar-refractivity contribution in [3.8, 4) is 0 Å². The predicted octanol–water partition coefficient (Wildman–Crippen LogP) is 12.7. The molecule has 236 valence electrons. The van der Waals surface area contributed by atoms with Crippen molar-refractivity contribution >= 4 is 0 Å².